The van der Waals surface area contributed by atoms with Gasteiger partial charge in [0.2, 0.25) is 5.91 Å². The molecule has 0 heterocycles. The van der Waals surface area contributed by atoms with Gasteiger partial charge in [0.05, 0.1) is 18.7 Å². The topological polar surface area (TPSA) is 55.4 Å². The second-order valence-electron chi connectivity index (χ2n) is 3.60. The summed E-state index contributed by atoms with van der Waals surface area (Å²) >= 11 is 0. The Morgan fingerprint density at radius 1 is 1.21 bits per heavy atom. The van der Waals surface area contributed by atoms with Gasteiger partial charge in [0.15, 0.2) is 11.6 Å². The predicted molar refractivity (Wildman–Crippen MR) is 60.8 cm³/mol. The maximum atomic E-state index is 13.2. The summed E-state index contributed by atoms with van der Waals surface area (Å²) in [6, 6.07) is 1.02. The Morgan fingerprint density at radius 3 is 2.53 bits per heavy atom. The number of carbonyl (C=O) groups is 2. The quantitative estimate of drug-likeness (QED) is 0.663. The molecule has 0 aliphatic rings. The van der Waals surface area contributed by atoms with Crippen molar-refractivity contribution in [3.63, 3.8) is 0 Å². The van der Waals surface area contributed by atoms with Crippen molar-refractivity contribution in [2.75, 3.05) is 11.9 Å². The number of hydrogen-bond donors (Lipinski definition) is 1. The predicted octanol–water partition coefficient (Wildman–Crippen LogP) is 2.39. The van der Waals surface area contributed by atoms with E-state index in [9.17, 15) is 22.8 Å². The number of ether oxygens (including phenoxy) is 1. The zero-order valence-corrected chi connectivity index (χ0v) is 10.1. The van der Waals surface area contributed by atoms with E-state index < -0.39 is 35.0 Å². The maximum Gasteiger partial charge on any atom is 0.306 e. The lowest BCUT2D eigenvalue weighted by molar-refractivity contribution is -0.144. The molecule has 0 spiro atoms. The molecular formula is C12H12F3NO3. The summed E-state index contributed by atoms with van der Waals surface area (Å²) in [6.45, 7) is 1.80. The molecule has 1 aromatic carbocycles. The van der Waals surface area contributed by atoms with Crippen LogP contribution in [0.4, 0.5) is 18.9 Å². The Hall–Kier alpha value is -2.05. The number of halogens is 3. The van der Waals surface area contributed by atoms with Crippen LogP contribution in [0.1, 0.15) is 19.8 Å². The van der Waals surface area contributed by atoms with Crippen LogP contribution in [0.5, 0.6) is 0 Å². The van der Waals surface area contributed by atoms with Crippen LogP contribution in [0.3, 0.4) is 0 Å². The minimum atomic E-state index is -1.40. The van der Waals surface area contributed by atoms with Gasteiger partial charge in [0.1, 0.15) is 5.82 Å². The lowest BCUT2D eigenvalue weighted by Crippen LogP contribution is -2.16. The van der Waals surface area contributed by atoms with Crippen molar-refractivity contribution in [1.29, 1.82) is 0 Å². The highest BCUT2D eigenvalue weighted by Gasteiger charge is 2.14. The van der Waals surface area contributed by atoms with E-state index in [0.29, 0.717) is 12.1 Å². The van der Waals surface area contributed by atoms with Crippen molar-refractivity contribution in [3.05, 3.63) is 29.6 Å². The minimum Gasteiger partial charge on any atom is -0.466 e. The van der Waals surface area contributed by atoms with Gasteiger partial charge in [-0.15, -0.1) is 0 Å². The van der Waals surface area contributed by atoms with Crippen molar-refractivity contribution < 1.29 is 27.5 Å². The third kappa shape index (κ3) is 4.61. The van der Waals surface area contributed by atoms with Gasteiger partial charge in [0.25, 0.3) is 0 Å². The van der Waals surface area contributed by atoms with E-state index >= 15 is 0 Å². The van der Waals surface area contributed by atoms with Gasteiger partial charge in [-0.25, -0.2) is 13.2 Å². The molecule has 0 unspecified atom stereocenters. The average Bonchev–Trinajstić information content (AvgIpc) is 2.33. The molecule has 0 aliphatic heterocycles. The van der Waals surface area contributed by atoms with Crippen LogP contribution in [-0.2, 0) is 14.3 Å². The minimum absolute atomic E-state index is 0.185. The molecule has 0 radical (unpaired) electrons. The lowest BCUT2D eigenvalue weighted by atomic mass is 10.2. The first-order chi connectivity index (χ1) is 8.93. The standard InChI is InChI=1S/C12H12F3NO3/c1-2-19-11(18)4-3-10(17)16-9-6-7(13)5-8(14)12(9)15/h5-6H,2-4H2,1H3,(H,16,17). The number of nitrogens with one attached hydrogen (secondary N) is 1. The summed E-state index contributed by atoms with van der Waals surface area (Å²) in [5.41, 5.74) is -0.605. The molecule has 0 saturated heterocycles. The second-order valence-corrected chi connectivity index (χ2v) is 3.60. The highest BCUT2D eigenvalue weighted by atomic mass is 19.2. The van der Waals surface area contributed by atoms with Gasteiger partial charge in [-0.05, 0) is 6.92 Å². The van der Waals surface area contributed by atoms with Crippen LogP contribution < -0.4 is 5.32 Å². The molecule has 7 heteroatoms. The molecule has 4 nitrogen and oxygen atoms in total. The smallest absolute Gasteiger partial charge is 0.306 e. The van der Waals surface area contributed by atoms with Crippen LogP contribution in [0.25, 0.3) is 0 Å². The fraction of sp³-hybridized carbons (Fsp3) is 0.333. The molecule has 1 aromatic rings. The Morgan fingerprint density at radius 2 is 1.89 bits per heavy atom. The van der Waals surface area contributed by atoms with E-state index in [4.69, 9.17) is 0 Å². The molecule has 0 aliphatic carbocycles. The molecule has 0 atom stereocenters. The van der Waals surface area contributed by atoms with Crippen LogP contribution in [0.15, 0.2) is 12.1 Å². The number of hydrogen-bond acceptors (Lipinski definition) is 3. The molecule has 0 aromatic heterocycles. The number of anilines is 1. The summed E-state index contributed by atoms with van der Waals surface area (Å²) in [6.07, 6.45) is -0.463. The lowest BCUT2D eigenvalue weighted by Gasteiger charge is -2.07. The van der Waals surface area contributed by atoms with E-state index in [1.165, 1.54) is 0 Å². The van der Waals surface area contributed by atoms with E-state index in [-0.39, 0.29) is 19.4 Å². The third-order valence-electron chi connectivity index (χ3n) is 2.13. The summed E-state index contributed by atoms with van der Waals surface area (Å²) < 4.78 is 43.5. The molecule has 19 heavy (non-hydrogen) atoms. The Bertz CT molecular complexity index is 491. The fourth-order valence-corrected chi connectivity index (χ4v) is 1.31. The highest BCUT2D eigenvalue weighted by molar-refractivity contribution is 5.92. The van der Waals surface area contributed by atoms with E-state index in [2.05, 4.69) is 4.74 Å². The first kappa shape index (κ1) is 15.0. The van der Waals surface area contributed by atoms with Gasteiger partial charge in [-0.2, -0.15) is 0 Å². The fourth-order valence-electron chi connectivity index (χ4n) is 1.31. The molecule has 1 rings (SSSR count). The van der Waals surface area contributed by atoms with E-state index in [1.54, 1.807) is 6.92 Å². The number of benzene rings is 1. The molecule has 0 fully saturated rings. The number of rotatable bonds is 5. The number of carbonyl (C=O) groups excluding carboxylic acids is 2. The number of esters is 1. The second kappa shape index (κ2) is 6.77. The first-order valence-electron chi connectivity index (χ1n) is 5.54. The Labute approximate surface area is 107 Å². The maximum absolute atomic E-state index is 13.2. The third-order valence-corrected chi connectivity index (χ3v) is 2.13. The van der Waals surface area contributed by atoms with Crippen LogP contribution in [0, 0.1) is 17.5 Å². The van der Waals surface area contributed by atoms with Crippen molar-refractivity contribution in [3.8, 4) is 0 Å². The summed E-state index contributed by atoms with van der Waals surface area (Å²) in [7, 11) is 0. The molecule has 1 amide bonds. The number of amides is 1. The Balaban J connectivity index is 2.60. The largest absolute Gasteiger partial charge is 0.466 e. The van der Waals surface area contributed by atoms with Gasteiger partial charge in [-0.3, -0.25) is 9.59 Å². The normalized spacial score (nSPS) is 10.1. The van der Waals surface area contributed by atoms with Gasteiger partial charge >= 0.3 is 5.97 Å². The summed E-state index contributed by atoms with van der Waals surface area (Å²) in [5, 5.41) is 1.99. The van der Waals surface area contributed by atoms with Crippen molar-refractivity contribution >= 4 is 17.6 Å². The zero-order valence-electron chi connectivity index (χ0n) is 10.1. The Kier molecular flexibility index (Phi) is 5.35. The van der Waals surface area contributed by atoms with E-state index in [0.717, 1.165) is 0 Å². The molecule has 0 bridgehead atoms. The van der Waals surface area contributed by atoms with Crippen molar-refractivity contribution in [1.82, 2.24) is 0 Å². The molecule has 1 N–H and O–H groups in total. The average molecular weight is 275 g/mol. The zero-order chi connectivity index (χ0) is 14.4. The van der Waals surface area contributed by atoms with Crippen molar-refractivity contribution in [2.45, 2.75) is 19.8 Å². The summed E-state index contributed by atoms with van der Waals surface area (Å²) in [4.78, 5) is 22.3. The first-order valence-corrected chi connectivity index (χ1v) is 5.54. The monoisotopic (exact) mass is 275 g/mol. The summed E-state index contributed by atoms with van der Waals surface area (Å²) in [5.74, 6) is -5.09. The highest BCUT2D eigenvalue weighted by Crippen LogP contribution is 2.19. The molecule has 0 saturated carbocycles. The van der Waals surface area contributed by atoms with Gasteiger partial charge in [0, 0.05) is 18.6 Å². The van der Waals surface area contributed by atoms with Crippen LogP contribution >= 0.6 is 0 Å². The SMILES string of the molecule is CCOC(=O)CCC(=O)Nc1cc(F)cc(F)c1F. The van der Waals surface area contributed by atoms with Gasteiger partial charge in [-0.1, -0.05) is 0 Å². The van der Waals surface area contributed by atoms with Gasteiger partial charge < -0.3 is 10.1 Å². The van der Waals surface area contributed by atoms with Crippen molar-refractivity contribution in [2.24, 2.45) is 0 Å². The van der Waals surface area contributed by atoms with Crippen LogP contribution in [-0.4, -0.2) is 18.5 Å². The van der Waals surface area contributed by atoms with E-state index in [1.807, 2.05) is 5.32 Å². The van der Waals surface area contributed by atoms with Crippen LogP contribution in [0.2, 0.25) is 0 Å². The molecular weight excluding hydrogens is 263 g/mol. The molecule has 104 valence electrons.